The molecule has 1 fully saturated rings. The molecule has 3 rings (SSSR count). The van der Waals surface area contributed by atoms with Gasteiger partial charge in [-0.3, -0.25) is 0 Å². The predicted molar refractivity (Wildman–Crippen MR) is 78.6 cm³/mol. The average Bonchev–Trinajstić information content (AvgIpc) is 3.07. The molecule has 1 saturated heterocycles. The summed E-state index contributed by atoms with van der Waals surface area (Å²) in [7, 11) is -3.58. The third-order valence-corrected chi connectivity index (χ3v) is 5.73. The number of aromatic nitrogens is 1. The van der Waals surface area contributed by atoms with Gasteiger partial charge in [-0.1, -0.05) is 22.8 Å². The van der Waals surface area contributed by atoms with Gasteiger partial charge in [0.05, 0.1) is 10.9 Å². The smallest absolute Gasteiger partial charge is 0.243 e. The van der Waals surface area contributed by atoms with Gasteiger partial charge in [0.1, 0.15) is 11.5 Å². The third-order valence-electron chi connectivity index (χ3n) is 3.59. The molecular weight excluding hydrogens is 312 g/mol. The zero-order valence-corrected chi connectivity index (χ0v) is 13.1. The monoisotopic (exact) mass is 326 g/mol. The van der Waals surface area contributed by atoms with Gasteiger partial charge in [0, 0.05) is 17.6 Å². The standard InChI is InChI=1S/C14H15ClN2O3S/c1-10-8-13(16-20-10)14-6-3-7-17(14)21(18,19)12-5-2-4-11(15)9-12/h2,4-5,8-9,14H,3,6-7H2,1H3. The van der Waals surface area contributed by atoms with Gasteiger partial charge < -0.3 is 4.52 Å². The van der Waals surface area contributed by atoms with Gasteiger partial charge in [-0.15, -0.1) is 0 Å². The van der Waals surface area contributed by atoms with Gasteiger partial charge >= 0.3 is 0 Å². The predicted octanol–water partition coefficient (Wildman–Crippen LogP) is 3.16. The first-order valence-electron chi connectivity index (χ1n) is 6.69. The quantitative estimate of drug-likeness (QED) is 0.869. The summed E-state index contributed by atoms with van der Waals surface area (Å²) in [5.41, 5.74) is 0.663. The Kier molecular flexibility index (Phi) is 3.77. The van der Waals surface area contributed by atoms with Crippen molar-refractivity contribution in [3.05, 3.63) is 46.8 Å². The highest BCUT2D eigenvalue weighted by molar-refractivity contribution is 7.89. The van der Waals surface area contributed by atoms with Crippen LogP contribution in [0.3, 0.4) is 0 Å². The van der Waals surface area contributed by atoms with E-state index >= 15 is 0 Å². The molecule has 0 spiro atoms. The number of rotatable bonds is 3. The van der Waals surface area contributed by atoms with Crippen LogP contribution in [0.1, 0.15) is 30.3 Å². The Hall–Kier alpha value is -1.37. The fourth-order valence-electron chi connectivity index (χ4n) is 2.63. The minimum atomic E-state index is -3.58. The van der Waals surface area contributed by atoms with Crippen LogP contribution in [0.25, 0.3) is 0 Å². The summed E-state index contributed by atoms with van der Waals surface area (Å²) in [6, 6.07) is 7.84. The molecule has 0 radical (unpaired) electrons. The second kappa shape index (κ2) is 5.44. The lowest BCUT2D eigenvalue weighted by Crippen LogP contribution is -2.30. The van der Waals surface area contributed by atoms with Crippen LogP contribution in [0.15, 0.2) is 39.8 Å². The van der Waals surface area contributed by atoms with Crippen LogP contribution >= 0.6 is 11.6 Å². The first-order valence-corrected chi connectivity index (χ1v) is 8.51. The summed E-state index contributed by atoms with van der Waals surface area (Å²) in [5.74, 6) is 0.678. The summed E-state index contributed by atoms with van der Waals surface area (Å²) < 4.78 is 32.1. The number of hydrogen-bond donors (Lipinski definition) is 0. The number of benzene rings is 1. The number of hydrogen-bond acceptors (Lipinski definition) is 4. The molecule has 0 amide bonds. The molecule has 1 atom stereocenters. The summed E-state index contributed by atoms with van der Waals surface area (Å²) >= 11 is 5.90. The maximum atomic E-state index is 12.8. The SMILES string of the molecule is Cc1cc(C2CCCN2S(=O)(=O)c2cccc(Cl)c2)no1. The molecule has 2 heterocycles. The first kappa shape index (κ1) is 14.6. The highest BCUT2D eigenvalue weighted by Crippen LogP contribution is 2.36. The highest BCUT2D eigenvalue weighted by atomic mass is 35.5. The zero-order chi connectivity index (χ0) is 15.0. The van der Waals surface area contributed by atoms with E-state index in [2.05, 4.69) is 5.16 Å². The molecule has 0 N–H and O–H groups in total. The van der Waals surface area contributed by atoms with Gasteiger partial charge in [-0.25, -0.2) is 8.42 Å². The minimum absolute atomic E-state index is 0.210. The molecule has 7 heteroatoms. The lowest BCUT2D eigenvalue weighted by molar-refractivity contribution is 0.349. The fourth-order valence-corrected chi connectivity index (χ4v) is 4.60. The molecule has 1 aliphatic rings. The molecule has 21 heavy (non-hydrogen) atoms. The molecule has 2 aromatic rings. The van der Waals surface area contributed by atoms with Gasteiger partial charge in [0.15, 0.2) is 0 Å². The molecule has 112 valence electrons. The van der Waals surface area contributed by atoms with Crippen molar-refractivity contribution in [3.63, 3.8) is 0 Å². The maximum absolute atomic E-state index is 12.8. The molecule has 1 unspecified atom stereocenters. The molecular formula is C14H15ClN2O3S. The van der Waals surface area contributed by atoms with Crippen LogP contribution in [0, 0.1) is 6.92 Å². The second-order valence-corrected chi connectivity index (χ2v) is 7.42. The number of aryl methyl sites for hydroxylation is 1. The van der Waals surface area contributed by atoms with Crippen molar-refractivity contribution in [3.8, 4) is 0 Å². The van der Waals surface area contributed by atoms with E-state index < -0.39 is 10.0 Å². The molecule has 5 nitrogen and oxygen atoms in total. The van der Waals surface area contributed by atoms with Crippen molar-refractivity contribution in [2.24, 2.45) is 0 Å². The number of sulfonamides is 1. The minimum Gasteiger partial charge on any atom is -0.361 e. The molecule has 0 aliphatic carbocycles. The third kappa shape index (κ3) is 2.71. The average molecular weight is 327 g/mol. The summed E-state index contributed by atoms with van der Waals surface area (Å²) in [5, 5.41) is 4.37. The molecule has 1 aromatic carbocycles. The zero-order valence-electron chi connectivity index (χ0n) is 11.5. The Bertz CT molecular complexity index is 757. The lowest BCUT2D eigenvalue weighted by atomic mass is 10.1. The van der Waals surface area contributed by atoms with Crippen molar-refractivity contribution in [1.29, 1.82) is 0 Å². The fraction of sp³-hybridized carbons (Fsp3) is 0.357. The maximum Gasteiger partial charge on any atom is 0.243 e. The highest BCUT2D eigenvalue weighted by Gasteiger charge is 2.37. The molecule has 0 bridgehead atoms. The molecule has 1 aromatic heterocycles. The van der Waals surface area contributed by atoms with Crippen molar-refractivity contribution in [2.75, 3.05) is 6.54 Å². The summed E-state index contributed by atoms with van der Waals surface area (Å²) in [4.78, 5) is 0.210. The van der Waals surface area contributed by atoms with Crippen molar-refractivity contribution in [2.45, 2.75) is 30.7 Å². The Morgan fingerprint density at radius 3 is 2.86 bits per heavy atom. The van der Waals surface area contributed by atoms with E-state index in [1.54, 1.807) is 31.2 Å². The van der Waals surface area contributed by atoms with Gasteiger partial charge in [-0.05, 0) is 38.0 Å². The Labute approximate surface area is 128 Å². The first-order chi connectivity index (χ1) is 9.98. The van der Waals surface area contributed by atoms with Crippen LogP contribution < -0.4 is 0 Å². The summed E-state index contributed by atoms with van der Waals surface area (Å²) in [6.07, 6.45) is 1.54. The van der Waals surface area contributed by atoms with Gasteiger partial charge in [-0.2, -0.15) is 4.31 Å². The van der Waals surface area contributed by atoms with E-state index in [-0.39, 0.29) is 10.9 Å². The Morgan fingerprint density at radius 1 is 1.38 bits per heavy atom. The van der Waals surface area contributed by atoms with E-state index in [0.29, 0.717) is 23.0 Å². The van der Waals surface area contributed by atoms with Gasteiger partial charge in [0.2, 0.25) is 10.0 Å². The number of halogens is 1. The molecule has 1 aliphatic heterocycles. The Morgan fingerprint density at radius 2 is 2.19 bits per heavy atom. The van der Waals surface area contributed by atoms with Crippen molar-refractivity contribution in [1.82, 2.24) is 9.46 Å². The number of nitrogens with zero attached hydrogens (tertiary/aromatic N) is 2. The van der Waals surface area contributed by atoms with E-state index in [0.717, 1.165) is 12.8 Å². The second-order valence-electron chi connectivity index (χ2n) is 5.09. The van der Waals surface area contributed by atoms with Crippen molar-refractivity contribution < 1.29 is 12.9 Å². The van der Waals surface area contributed by atoms with Crippen LogP contribution in [-0.4, -0.2) is 24.4 Å². The van der Waals surface area contributed by atoms with E-state index in [1.807, 2.05) is 0 Å². The van der Waals surface area contributed by atoms with Crippen LogP contribution in [-0.2, 0) is 10.0 Å². The Balaban J connectivity index is 1.98. The van der Waals surface area contributed by atoms with E-state index in [4.69, 9.17) is 16.1 Å². The van der Waals surface area contributed by atoms with Crippen LogP contribution in [0.2, 0.25) is 5.02 Å². The topological polar surface area (TPSA) is 63.4 Å². The van der Waals surface area contributed by atoms with E-state index in [1.165, 1.54) is 10.4 Å². The van der Waals surface area contributed by atoms with Gasteiger partial charge in [0.25, 0.3) is 0 Å². The van der Waals surface area contributed by atoms with Crippen molar-refractivity contribution >= 4 is 21.6 Å². The van der Waals surface area contributed by atoms with E-state index in [9.17, 15) is 8.42 Å². The van der Waals surface area contributed by atoms with Crippen LogP contribution in [0.4, 0.5) is 0 Å². The lowest BCUT2D eigenvalue weighted by Gasteiger charge is -2.22. The molecule has 0 saturated carbocycles. The normalized spacial score (nSPS) is 20.0. The van der Waals surface area contributed by atoms with Crippen LogP contribution in [0.5, 0.6) is 0 Å². The largest absolute Gasteiger partial charge is 0.361 e. The summed E-state index contributed by atoms with van der Waals surface area (Å²) in [6.45, 7) is 2.27.